The molecular weight excluding hydrogens is 398 g/mol. The summed E-state index contributed by atoms with van der Waals surface area (Å²) in [6, 6.07) is 12.4. The third-order valence-electron chi connectivity index (χ3n) is 6.80. The third-order valence-corrected chi connectivity index (χ3v) is 7.04. The van der Waals surface area contributed by atoms with Crippen molar-refractivity contribution in [3.8, 4) is 5.75 Å². The molecule has 0 aliphatic carbocycles. The Hall–Kier alpha value is -2.24. The number of amides is 1. The first kappa shape index (κ1) is 19.7. The second-order valence-electron chi connectivity index (χ2n) is 8.52. The lowest BCUT2D eigenvalue weighted by Crippen LogP contribution is -2.42. The maximum atomic E-state index is 13.4. The van der Waals surface area contributed by atoms with E-state index in [1.807, 2.05) is 18.2 Å². The Balaban J connectivity index is 1.29. The van der Waals surface area contributed by atoms with Crippen LogP contribution in [0.4, 0.5) is 5.69 Å². The normalized spacial score (nSPS) is 20.8. The van der Waals surface area contributed by atoms with Crippen molar-refractivity contribution >= 4 is 23.2 Å². The van der Waals surface area contributed by atoms with Gasteiger partial charge in [-0.1, -0.05) is 35.9 Å². The number of piperidine rings is 1. The Bertz CT molecular complexity index is 955. The monoisotopic (exact) mass is 425 g/mol. The van der Waals surface area contributed by atoms with Crippen molar-refractivity contribution in [1.29, 1.82) is 0 Å². The predicted molar refractivity (Wildman–Crippen MR) is 120 cm³/mol. The molecule has 1 fully saturated rings. The first-order valence-electron chi connectivity index (χ1n) is 10.9. The summed E-state index contributed by atoms with van der Waals surface area (Å²) in [5.41, 5.74) is 10.6. The van der Waals surface area contributed by atoms with E-state index in [1.54, 1.807) is 0 Å². The molecule has 3 aliphatic rings. The quantitative estimate of drug-likeness (QED) is 0.813. The van der Waals surface area contributed by atoms with Crippen molar-refractivity contribution in [1.82, 2.24) is 4.90 Å². The Kier molecular flexibility index (Phi) is 5.34. The van der Waals surface area contributed by atoms with Crippen molar-refractivity contribution in [2.24, 2.45) is 5.73 Å². The molecule has 2 aromatic rings. The Morgan fingerprint density at radius 3 is 2.80 bits per heavy atom. The fraction of sp³-hybridized carbons (Fsp3) is 0.458. The van der Waals surface area contributed by atoms with E-state index in [9.17, 15) is 4.79 Å². The van der Waals surface area contributed by atoms with Crippen molar-refractivity contribution in [2.75, 3.05) is 44.2 Å². The predicted octanol–water partition coefficient (Wildman–Crippen LogP) is 3.54. The molecule has 1 unspecified atom stereocenters. The summed E-state index contributed by atoms with van der Waals surface area (Å²) in [6.07, 6.45) is 2.97. The molecule has 2 N–H and O–H groups in total. The van der Waals surface area contributed by atoms with Gasteiger partial charge >= 0.3 is 0 Å². The fourth-order valence-corrected chi connectivity index (χ4v) is 5.44. The SMILES string of the molecule is NCCN1CC(C(=O)N2CCC(c3cccc4c3OCC4)CC2)c2ccc(Cl)cc21. The van der Waals surface area contributed by atoms with Crippen molar-refractivity contribution in [2.45, 2.75) is 31.1 Å². The summed E-state index contributed by atoms with van der Waals surface area (Å²) in [5, 5.41) is 0.697. The van der Waals surface area contributed by atoms with Gasteiger partial charge in [0.05, 0.1) is 12.5 Å². The standard InChI is InChI=1S/C24H28ClN3O2/c25-18-4-5-20-21(15-28(12-9-26)22(20)14-18)24(29)27-10-6-16(7-11-27)19-3-1-2-17-8-13-30-23(17)19/h1-5,14,16,21H,6-13,15,26H2. The number of benzene rings is 2. The van der Waals surface area contributed by atoms with Gasteiger partial charge in [-0.25, -0.2) is 0 Å². The fourth-order valence-electron chi connectivity index (χ4n) is 5.27. The van der Waals surface area contributed by atoms with Gasteiger partial charge in [-0.3, -0.25) is 4.79 Å². The first-order valence-corrected chi connectivity index (χ1v) is 11.3. The minimum absolute atomic E-state index is 0.135. The van der Waals surface area contributed by atoms with Gasteiger partial charge in [0.1, 0.15) is 5.75 Å². The van der Waals surface area contributed by atoms with Crippen LogP contribution in [-0.2, 0) is 11.2 Å². The Morgan fingerprint density at radius 1 is 1.17 bits per heavy atom. The number of carbonyl (C=O) groups excluding carboxylic acids is 1. The highest BCUT2D eigenvalue weighted by atomic mass is 35.5. The van der Waals surface area contributed by atoms with Gasteiger partial charge in [-0.05, 0) is 47.6 Å². The molecule has 0 spiro atoms. The molecule has 3 aliphatic heterocycles. The Morgan fingerprint density at radius 2 is 2.00 bits per heavy atom. The van der Waals surface area contributed by atoms with Crippen molar-refractivity contribution in [3.63, 3.8) is 0 Å². The average Bonchev–Trinajstić information content (AvgIpc) is 3.38. The van der Waals surface area contributed by atoms with Gasteiger partial charge in [-0.2, -0.15) is 0 Å². The molecule has 0 radical (unpaired) electrons. The molecule has 2 aromatic carbocycles. The van der Waals surface area contributed by atoms with Gasteiger partial charge in [0, 0.05) is 49.9 Å². The number of nitrogens with zero attached hydrogens (tertiary/aromatic N) is 2. The van der Waals surface area contributed by atoms with E-state index in [4.69, 9.17) is 22.1 Å². The number of carbonyl (C=O) groups is 1. The summed E-state index contributed by atoms with van der Waals surface area (Å²) in [5.74, 6) is 1.66. The minimum atomic E-state index is -0.135. The van der Waals surface area contributed by atoms with Crippen LogP contribution in [0.15, 0.2) is 36.4 Å². The Labute approximate surface area is 182 Å². The van der Waals surface area contributed by atoms with E-state index in [-0.39, 0.29) is 11.8 Å². The summed E-state index contributed by atoms with van der Waals surface area (Å²) in [6.45, 7) is 4.35. The molecule has 158 valence electrons. The van der Waals surface area contributed by atoms with Crippen LogP contribution in [0.5, 0.6) is 5.75 Å². The van der Waals surface area contributed by atoms with Crippen LogP contribution in [0, 0.1) is 0 Å². The number of fused-ring (bicyclic) bond motifs is 2. The minimum Gasteiger partial charge on any atom is -0.493 e. The third kappa shape index (κ3) is 3.44. The van der Waals surface area contributed by atoms with Gasteiger partial charge in [-0.15, -0.1) is 0 Å². The number of para-hydroxylation sites is 1. The highest BCUT2D eigenvalue weighted by molar-refractivity contribution is 6.31. The number of rotatable bonds is 4. The molecule has 1 atom stereocenters. The summed E-state index contributed by atoms with van der Waals surface area (Å²) < 4.78 is 5.91. The first-order chi connectivity index (χ1) is 14.7. The van der Waals surface area contributed by atoms with Gasteiger partial charge in [0.15, 0.2) is 0 Å². The number of nitrogens with two attached hydrogens (primary N) is 1. The van der Waals surface area contributed by atoms with Crippen molar-refractivity contribution < 1.29 is 9.53 Å². The van der Waals surface area contributed by atoms with E-state index in [0.717, 1.165) is 62.5 Å². The molecule has 1 amide bonds. The average molecular weight is 426 g/mol. The second kappa shape index (κ2) is 8.12. The molecule has 6 heteroatoms. The van der Waals surface area contributed by atoms with E-state index < -0.39 is 0 Å². The summed E-state index contributed by atoms with van der Waals surface area (Å²) >= 11 is 6.22. The molecule has 5 nitrogen and oxygen atoms in total. The van der Waals surface area contributed by atoms with E-state index in [1.165, 1.54) is 11.1 Å². The highest BCUT2D eigenvalue weighted by Crippen LogP contribution is 2.41. The zero-order valence-corrected chi connectivity index (χ0v) is 17.9. The number of hydrogen-bond acceptors (Lipinski definition) is 4. The lowest BCUT2D eigenvalue weighted by Gasteiger charge is -2.34. The number of likely N-dealkylation sites (tertiary alicyclic amines) is 1. The van der Waals surface area contributed by atoms with Crippen LogP contribution < -0.4 is 15.4 Å². The zero-order chi connectivity index (χ0) is 20.7. The van der Waals surface area contributed by atoms with Crippen LogP contribution in [0.3, 0.4) is 0 Å². The molecule has 3 heterocycles. The molecule has 0 saturated carbocycles. The zero-order valence-electron chi connectivity index (χ0n) is 17.1. The number of halogens is 1. The second-order valence-corrected chi connectivity index (χ2v) is 8.96. The van der Waals surface area contributed by atoms with E-state index in [0.29, 0.717) is 24.0 Å². The van der Waals surface area contributed by atoms with Crippen LogP contribution in [0.1, 0.15) is 41.4 Å². The van der Waals surface area contributed by atoms with Crippen LogP contribution in [0.25, 0.3) is 0 Å². The number of ether oxygens (including phenoxy) is 1. The van der Waals surface area contributed by atoms with Crippen LogP contribution in [0.2, 0.25) is 5.02 Å². The van der Waals surface area contributed by atoms with Crippen LogP contribution >= 0.6 is 11.6 Å². The molecule has 30 heavy (non-hydrogen) atoms. The molecule has 0 aromatic heterocycles. The van der Waals surface area contributed by atoms with Gasteiger partial charge in [0.2, 0.25) is 5.91 Å². The van der Waals surface area contributed by atoms with Gasteiger partial charge < -0.3 is 20.3 Å². The van der Waals surface area contributed by atoms with Crippen molar-refractivity contribution in [3.05, 3.63) is 58.1 Å². The summed E-state index contributed by atoms with van der Waals surface area (Å²) in [7, 11) is 0. The lowest BCUT2D eigenvalue weighted by atomic mass is 9.87. The molecule has 1 saturated heterocycles. The largest absolute Gasteiger partial charge is 0.493 e. The van der Waals surface area contributed by atoms with E-state index in [2.05, 4.69) is 28.0 Å². The van der Waals surface area contributed by atoms with Gasteiger partial charge in [0.25, 0.3) is 0 Å². The van der Waals surface area contributed by atoms with E-state index >= 15 is 0 Å². The number of anilines is 1. The topological polar surface area (TPSA) is 58.8 Å². The molecule has 5 rings (SSSR count). The maximum Gasteiger partial charge on any atom is 0.231 e. The maximum absolute atomic E-state index is 13.4. The smallest absolute Gasteiger partial charge is 0.231 e. The number of hydrogen-bond donors (Lipinski definition) is 1. The van der Waals surface area contributed by atoms with Crippen LogP contribution in [-0.4, -0.2) is 50.1 Å². The summed E-state index contributed by atoms with van der Waals surface area (Å²) in [4.78, 5) is 17.7. The lowest BCUT2D eigenvalue weighted by molar-refractivity contribution is -0.133. The molecular formula is C24H28ClN3O2. The highest BCUT2D eigenvalue weighted by Gasteiger charge is 2.37. The molecule has 0 bridgehead atoms.